The lowest BCUT2D eigenvalue weighted by Crippen LogP contribution is -2.43. The third-order valence-electron chi connectivity index (χ3n) is 2.89. The first-order chi connectivity index (χ1) is 6.08. The number of hydrogen-bond donors (Lipinski definition) is 1. The smallest absolute Gasteiger partial charge is 0.0499 e. The SMILES string of the molecule is CCC(C)(CC)NCC(C)COC. The first-order valence-corrected chi connectivity index (χ1v) is 5.32. The van der Waals surface area contributed by atoms with Gasteiger partial charge >= 0.3 is 0 Å². The van der Waals surface area contributed by atoms with E-state index in [0.29, 0.717) is 11.5 Å². The number of nitrogens with one attached hydrogen (secondary N) is 1. The molecule has 0 aromatic carbocycles. The number of hydrogen-bond acceptors (Lipinski definition) is 2. The molecule has 2 heteroatoms. The summed E-state index contributed by atoms with van der Waals surface area (Å²) in [5.41, 5.74) is 0.308. The maximum absolute atomic E-state index is 5.10. The van der Waals surface area contributed by atoms with Gasteiger partial charge in [0.2, 0.25) is 0 Å². The van der Waals surface area contributed by atoms with Crippen molar-refractivity contribution in [3.63, 3.8) is 0 Å². The normalized spacial score (nSPS) is 14.5. The molecule has 1 unspecified atom stereocenters. The average Bonchev–Trinajstić information content (AvgIpc) is 2.15. The van der Waals surface area contributed by atoms with Gasteiger partial charge in [-0.05, 0) is 25.7 Å². The molecule has 2 nitrogen and oxygen atoms in total. The Morgan fingerprint density at radius 2 is 1.85 bits per heavy atom. The summed E-state index contributed by atoms with van der Waals surface area (Å²) in [4.78, 5) is 0. The number of ether oxygens (including phenoxy) is 1. The van der Waals surface area contributed by atoms with Crippen molar-refractivity contribution >= 4 is 0 Å². The number of methoxy groups -OCH3 is 1. The Morgan fingerprint density at radius 1 is 1.31 bits per heavy atom. The second kappa shape index (κ2) is 6.39. The molecule has 0 saturated heterocycles. The quantitative estimate of drug-likeness (QED) is 0.661. The summed E-state index contributed by atoms with van der Waals surface area (Å²) in [5, 5.41) is 3.60. The molecule has 0 aromatic heterocycles. The van der Waals surface area contributed by atoms with E-state index in [1.165, 1.54) is 12.8 Å². The summed E-state index contributed by atoms with van der Waals surface area (Å²) in [5.74, 6) is 0.599. The first-order valence-electron chi connectivity index (χ1n) is 5.32. The van der Waals surface area contributed by atoms with E-state index in [4.69, 9.17) is 4.74 Å². The summed E-state index contributed by atoms with van der Waals surface area (Å²) >= 11 is 0. The Hall–Kier alpha value is -0.0800. The van der Waals surface area contributed by atoms with Gasteiger partial charge in [0.1, 0.15) is 0 Å². The molecule has 0 aliphatic rings. The van der Waals surface area contributed by atoms with Crippen LogP contribution in [0.2, 0.25) is 0 Å². The van der Waals surface area contributed by atoms with Crippen LogP contribution < -0.4 is 5.32 Å². The second-order valence-corrected chi connectivity index (χ2v) is 4.21. The number of rotatable bonds is 7. The highest BCUT2D eigenvalue weighted by molar-refractivity contribution is 4.80. The minimum absolute atomic E-state index is 0.308. The lowest BCUT2D eigenvalue weighted by Gasteiger charge is -2.29. The standard InChI is InChI=1S/C11H25NO/c1-6-11(4,7-2)12-8-10(3)9-13-5/h10,12H,6-9H2,1-5H3. The first kappa shape index (κ1) is 12.9. The van der Waals surface area contributed by atoms with Gasteiger partial charge in [0.15, 0.2) is 0 Å². The van der Waals surface area contributed by atoms with Gasteiger partial charge in [0, 0.05) is 25.8 Å². The molecule has 0 aliphatic heterocycles. The van der Waals surface area contributed by atoms with Crippen molar-refractivity contribution in [3.05, 3.63) is 0 Å². The van der Waals surface area contributed by atoms with E-state index in [2.05, 4.69) is 33.0 Å². The minimum atomic E-state index is 0.308. The van der Waals surface area contributed by atoms with Gasteiger partial charge in [0.05, 0.1) is 0 Å². The zero-order valence-corrected chi connectivity index (χ0v) is 9.81. The molecule has 0 heterocycles. The monoisotopic (exact) mass is 187 g/mol. The summed E-state index contributed by atoms with van der Waals surface area (Å²) in [6, 6.07) is 0. The molecule has 0 spiro atoms. The van der Waals surface area contributed by atoms with Gasteiger partial charge in [-0.1, -0.05) is 20.8 Å². The van der Waals surface area contributed by atoms with Crippen LogP contribution in [0.3, 0.4) is 0 Å². The molecule has 0 aromatic rings. The van der Waals surface area contributed by atoms with E-state index >= 15 is 0 Å². The minimum Gasteiger partial charge on any atom is -0.384 e. The summed E-state index contributed by atoms with van der Waals surface area (Å²) in [6.07, 6.45) is 2.37. The lowest BCUT2D eigenvalue weighted by atomic mass is 9.95. The van der Waals surface area contributed by atoms with Crippen LogP contribution in [0.1, 0.15) is 40.5 Å². The highest BCUT2D eigenvalue weighted by Gasteiger charge is 2.18. The van der Waals surface area contributed by atoms with Crippen molar-refractivity contribution < 1.29 is 4.74 Å². The Kier molecular flexibility index (Phi) is 6.35. The molecule has 13 heavy (non-hydrogen) atoms. The molecule has 0 fully saturated rings. The third-order valence-corrected chi connectivity index (χ3v) is 2.89. The second-order valence-electron chi connectivity index (χ2n) is 4.21. The average molecular weight is 187 g/mol. The molecule has 0 aliphatic carbocycles. The van der Waals surface area contributed by atoms with E-state index in [1.54, 1.807) is 7.11 Å². The van der Waals surface area contributed by atoms with Crippen LogP contribution in [0.5, 0.6) is 0 Å². The largest absolute Gasteiger partial charge is 0.384 e. The van der Waals surface area contributed by atoms with E-state index < -0.39 is 0 Å². The Morgan fingerprint density at radius 3 is 2.23 bits per heavy atom. The van der Waals surface area contributed by atoms with Crippen LogP contribution in [-0.4, -0.2) is 25.8 Å². The summed E-state index contributed by atoms with van der Waals surface area (Å²) in [7, 11) is 1.76. The summed E-state index contributed by atoms with van der Waals surface area (Å²) in [6.45, 7) is 10.9. The Balaban J connectivity index is 3.71. The Labute approximate surface area is 83.1 Å². The van der Waals surface area contributed by atoms with Crippen LogP contribution in [0.15, 0.2) is 0 Å². The molecular formula is C11H25NO. The van der Waals surface area contributed by atoms with Gasteiger partial charge in [0.25, 0.3) is 0 Å². The van der Waals surface area contributed by atoms with E-state index in [-0.39, 0.29) is 0 Å². The van der Waals surface area contributed by atoms with Crippen LogP contribution in [0.4, 0.5) is 0 Å². The molecule has 0 saturated carbocycles. The zero-order chi connectivity index (χ0) is 10.3. The van der Waals surface area contributed by atoms with Crippen molar-refractivity contribution in [2.24, 2.45) is 5.92 Å². The topological polar surface area (TPSA) is 21.3 Å². The van der Waals surface area contributed by atoms with Crippen molar-refractivity contribution in [2.45, 2.75) is 46.1 Å². The van der Waals surface area contributed by atoms with Crippen LogP contribution in [0, 0.1) is 5.92 Å². The van der Waals surface area contributed by atoms with E-state index in [0.717, 1.165) is 13.2 Å². The van der Waals surface area contributed by atoms with Gasteiger partial charge in [-0.3, -0.25) is 0 Å². The molecule has 0 bridgehead atoms. The van der Waals surface area contributed by atoms with Crippen LogP contribution in [-0.2, 0) is 4.74 Å². The molecule has 80 valence electrons. The van der Waals surface area contributed by atoms with Gasteiger partial charge in [-0.25, -0.2) is 0 Å². The van der Waals surface area contributed by atoms with Crippen molar-refractivity contribution in [3.8, 4) is 0 Å². The molecule has 0 rings (SSSR count). The zero-order valence-electron chi connectivity index (χ0n) is 9.81. The lowest BCUT2D eigenvalue weighted by molar-refractivity contribution is 0.151. The van der Waals surface area contributed by atoms with Crippen molar-refractivity contribution in [2.75, 3.05) is 20.3 Å². The molecular weight excluding hydrogens is 162 g/mol. The van der Waals surface area contributed by atoms with Crippen LogP contribution >= 0.6 is 0 Å². The maximum atomic E-state index is 5.10. The van der Waals surface area contributed by atoms with Crippen molar-refractivity contribution in [1.29, 1.82) is 0 Å². The molecule has 1 N–H and O–H groups in total. The highest BCUT2D eigenvalue weighted by Crippen LogP contribution is 2.13. The van der Waals surface area contributed by atoms with Gasteiger partial charge in [-0.2, -0.15) is 0 Å². The highest BCUT2D eigenvalue weighted by atomic mass is 16.5. The fraction of sp³-hybridized carbons (Fsp3) is 1.00. The van der Waals surface area contributed by atoms with Crippen LogP contribution in [0.25, 0.3) is 0 Å². The molecule has 0 amide bonds. The predicted octanol–water partition coefficient (Wildman–Crippen LogP) is 2.44. The Bertz CT molecular complexity index is 121. The fourth-order valence-corrected chi connectivity index (χ4v) is 1.26. The molecule has 0 radical (unpaired) electrons. The van der Waals surface area contributed by atoms with Gasteiger partial charge in [-0.15, -0.1) is 0 Å². The predicted molar refractivity (Wildman–Crippen MR) is 58.0 cm³/mol. The van der Waals surface area contributed by atoms with Crippen molar-refractivity contribution in [1.82, 2.24) is 5.32 Å². The van der Waals surface area contributed by atoms with E-state index in [1.807, 2.05) is 0 Å². The fourth-order valence-electron chi connectivity index (χ4n) is 1.26. The van der Waals surface area contributed by atoms with Gasteiger partial charge < -0.3 is 10.1 Å². The summed E-state index contributed by atoms with van der Waals surface area (Å²) < 4.78 is 5.10. The molecule has 1 atom stereocenters. The third kappa shape index (κ3) is 5.27. The van der Waals surface area contributed by atoms with E-state index in [9.17, 15) is 0 Å². The maximum Gasteiger partial charge on any atom is 0.0499 e.